The molecule has 0 aromatic carbocycles. The molecule has 0 aliphatic carbocycles. The molecule has 0 aliphatic heterocycles. The molecule has 2 nitrogen and oxygen atoms in total. The summed E-state index contributed by atoms with van der Waals surface area (Å²) in [4.78, 5) is 10.8. The van der Waals surface area contributed by atoms with Crippen molar-refractivity contribution in [2.45, 2.75) is 39.2 Å². The van der Waals surface area contributed by atoms with Gasteiger partial charge in [0.15, 0.2) is 0 Å². The number of hydrogen-bond acceptors (Lipinski definition) is 2. The normalized spacial score (nSPS) is 12.6. The molecule has 0 amide bonds. The second-order valence-electron chi connectivity index (χ2n) is 2.53. The summed E-state index contributed by atoms with van der Waals surface area (Å²) in [6.45, 7) is 3.96. The Balaban J connectivity index is 3.40. The summed E-state index contributed by atoms with van der Waals surface area (Å²) in [7, 11) is 0. The Morgan fingerprint density at radius 2 is 2.27 bits per heavy atom. The van der Waals surface area contributed by atoms with E-state index in [1.807, 2.05) is 6.92 Å². The van der Waals surface area contributed by atoms with E-state index in [1.54, 1.807) is 0 Å². The van der Waals surface area contributed by atoms with Crippen molar-refractivity contribution in [2.24, 2.45) is 0 Å². The van der Waals surface area contributed by atoms with Gasteiger partial charge in [0.25, 0.3) is 0 Å². The molecule has 1 unspecified atom stereocenters. The highest BCUT2D eigenvalue weighted by molar-refractivity contribution is 6.18. The number of alkyl halides is 1. The highest BCUT2D eigenvalue weighted by Crippen LogP contribution is 2.02. The van der Waals surface area contributed by atoms with Crippen LogP contribution in [0.1, 0.15) is 33.1 Å². The molecule has 0 radical (unpaired) electrons. The van der Waals surface area contributed by atoms with Crippen molar-refractivity contribution in [1.29, 1.82) is 0 Å². The molecule has 0 bridgehead atoms. The lowest BCUT2D eigenvalue weighted by Crippen LogP contribution is -2.14. The van der Waals surface area contributed by atoms with Crippen molar-refractivity contribution < 1.29 is 9.53 Å². The van der Waals surface area contributed by atoms with Gasteiger partial charge in [-0.15, -0.1) is 11.6 Å². The van der Waals surface area contributed by atoms with Crippen molar-refractivity contribution >= 4 is 17.6 Å². The second-order valence-corrected chi connectivity index (χ2v) is 2.91. The third kappa shape index (κ3) is 6.17. The van der Waals surface area contributed by atoms with E-state index < -0.39 is 0 Å². The van der Waals surface area contributed by atoms with Crippen molar-refractivity contribution in [3.8, 4) is 0 Å². The molecule has 0 aromatic rings. The van der Waals surface area contributed by atoms with Gasteiger partial charge in [-0.2, -0.15) is 0 Å². The van der Waals surface area contributed by atoms with Crippen LogP contribution in [-0.4, -0.2) is 18.0 Å². The molecule has 3 heteroatoms. The fraction of sp³-hybridized carbons (Fsp3) is 0.875. The zero-order chi connectivity index (χ0) is 8.69. The lowest BCUT2D eigenvalue weighted by atomic mass is 10.2. The Kier molecular flexibility index (Phi) is 6.33. The predicted octanol–water partition coefficient (Wildman–Crippen LogP) is 2.35. The minimum atomic E-state index is -0.194. The highest BCUT2D eigenvalue weighted by atomic mass is 35.5. The monoisotopic (exact) mass is 178 g/mol. The molecular weight excluding hydrogens is 164 g/mol. The fourth-order valence-electron chi connectivity index (χ4n) is 0.826. The minimum Gasteiger partial charge on any atom is -0.463 e. The first-order valence-electron chi connectivity index (χ1n) is 3.96. The Morgan fingerprint density at radius 3 is 2.73 bits per heavy atom. The van der Waals surface area contributed by atoms with Crippen LogP contribution in [0.4, 0.5) is 0 Å². The van der Waals surface area contributed by atoms with Crippen molar-refractivity contribution in [2.75, 3.05) is 5.88 Å². The average Bonchev–Trinajstić information content (AvgIpc) is 1.87. The lowest BCUT2D eigenvalue weighted by molar-refractivity contribution is -0.147. The molecule has 11 heavy (non-hydrogen) atoms. The van der Waals surface area contributed by atoms with Crippen molar-refractivity contribution in [3.63, 3.8) is 0 Å². The van der Waals surface area contributed by atoms with Gasteiger partial charge in [-0.25, -0.2) is 0 Å². The highest BCUT2D eigenvalue weighted by Gasteiger charge is 2.06. The summed E-state index contributed by atoms with van der Waals surface area (Å²) in [6.07, 6.45) is 2.31. The SMILES string of the molecule is CCCC(C)OC(=O)CCCl. The van der Waals surface area contributed by atoms with Crippen LogP contribution in [0.25, 0.3) is 0 Å². The van der Waals surface area contributed by atoms with E-state index in [2.05, 4.69) is 6.92 Å². The largest absolute Gasteiger partial charge is 0.463 e. The summed E-state index contributed by atoms with van der Waals surface area (Å²) in [5.74, 6) is 0.151. The molecule has 1 atom stereocenters. The molecule has 0 aliphatic rings. The van der Waals surface area contributed by atoms with Crippen molar-refractivity contribution in [1.82, 2.24) is 0 Å². The Bertz CT molecular complexity index is 115. The third-order valence-electron chi connectivity index (χ3n) is 1.33. The lowest BCUT2D eigenvalue weighted by Gasteiger charge is -2.10. The van der Waals surface area contributed by atoms with Crippen LogP contribution in [0.2, 0.25) is 0 Å². The van der Waals surface area contributed by atoms with E-state index in [9.17, 15) is 4.79 Å². The van der Waals surface area contributed by atoms with Crippen LogP contribution in [-0.2, 0) is 9.53 Å². The van der Waals surface area contributed by atoms with E-state index in [1.165, 1.54) is 0 Å². The van der Waals surface area contributed by atoms with Gasteiger partial charge in [0, 0.05) is 5.88 Å². The van der Waals surface area contributed by atoms with E-state index in [-0.39, 0.29) is 12.1 Å². The van der Waals surface area contributed by atoms with E-state index >= 15 is 0 Å². The molecule has 0 rings (SSSR count). The molecule has 0 heterocycles. The molecule has 0 spiro atoms. The summed E-state index contributed by atoms with van der Waals surface area (Å²) in [5, 5.41) is 0. The smallest absolute Gasteiger partial charge is 0.307 e. The van der Waals surface area contributed by atoms with Gasteiger partial charge in [0.05, 0.1) is 12.5 Å². The maximum Gasteiger partial charge on any atom is 0.307 e. The number of halogens is 1. The standard InChI is InChI=1S/C8H15ClO2/c1-3-4-7(2)11-8(10)5-6-9/h7H,3-6H2,1-2H3. The Morgan fingerprint density at radius 1 is 1.64 bits per heavy atom. The first-order valence-corrected chi connectivity index (χ1v) is 4.49. The van der Waals surface area contributed by atoms with Gasteiger partial charge in [-0.1, -0.05) is 13.3 Å². The first kappa shape index (κ1) is 10.8. The predicted molar refractivity (Wildman–Crippen MR) is 45.8 cm³/mol. The molecule has 66 valence electrons. The van der Waals surface area contributed by atoms with Gasteiger partial charge >= 0.3 is 5.97 Å². The van der Waals surface area contributed by atoms with Crippen LogP contribution < -0.4 is 0 Å². The number of carbonyl (C=O) groups is 1. The quantitative estimate of drug-likeness (QED) is 0.477. The van der Waals surface area contributed by atoms with E-state index in [0.29, 0.717) is 12.3 Å². The van der Waals surface area contributed by atoms with Gasteiger partial charge < -0.3 is 4.74 Å². The summed E-state index contributed by atoms with van der Waals surface area (Å²) in [5.41, 5.74) is 0. The minimum absolute atomic E-state index is 0.0377. The average molecular weight is 179 g/mol. The zero-order valence-corrected chi connectivity index (χ0v) is 7.86. The maximum atomic E-state index is 10.8. The number of ether oxygens (including phenoxy) is 1. The van der Waals surface area contributed by atoms with Crippen LogP contribution >= 0.6 is 11.6 Å². The number of rotatable bonds is 5. The zero-order valence-electron chi connectivity index (χ0n) is 7.10. The van der Waals surface area contributed by atoms with Gasteiger partial charge in [0.1, 0.15) is 0 Å². The van der Waals surface area contributed by atoms with Crippen LogP contribution in [0.5, 0.6) is 0 Å². The molecule has 0 fully saturated rings. The molecule has 0 aromatic heterocycles. The van der Waals surface area contributed by atoms with Gasteiger partial charge in [0.2, 0.25) is 0 Å². The number of esters is 1. The Hall–Kier alpha value is -0.240. The van der Waals surface area contributed by atoms with Crippen LogP contribution in [0.3, 0.4) is 0 Å². The number of carbonyl (C=O) groups excluding carboxylic acids is 1. The third-order valence-corrected chi connectivity index (χ3v) is 1.52. The topological polar surface area (TPSA) is 26.3 Å². The molecular formula is C8H15ClO2. The van der Waals surface area contributed by atoms with E-state index in [0.717, 1.165) is 12.8 Å². The second kappa shape index (κ2) is 6.47. The fourth-order valence-corrected chi connectivity index (χ4v) is 0.980. The summed E-state index contributed by atoms with van der Waals surface area (Å²) >= 11 is 5.36. The summed E-state index contributed by atoms with van der Waals surface area (Å²) in [6, 6.07) is 0. The van der Waals surface area contributed by atoms with E-state index in [4.69, 9.17) is 16.3 Å². The molecule has 0 saturated heterocycles. The Labute approximate surface area is 72.9 Å². The van der Waals surface area contributed by atoms with Crippen LogP contribution in [0.15, 0.2) is 0 Å². The maximum absolute atomic E-state index is 10.8. The molecule has 0 N–H and O–H groups in total. The first-order chi connectivity index (χ1) is 5.20. The van der Waals surface area contributed by atoms with Crippen molar-refractivity contribution in [3.05, 3.63) is 0 Å². The van der Waals surface area contributed by atoms with Gasteiger partial charge in [-0.3, -0.25) is 4.79 Å². The number of hydrogen-bond donors (Lipinski definition) is 0. The van der Waals surface area contributed by atoms with Gasteiger partial charge in [-0.05, 0) is 13.3 Å². The van der Waals surface area contributed by atoms with Crippen LogP contribution in [0, 0.1) is 0 Å². The summed E-state index contributed by atoms with van der Waals surface area (Å²) < 4.78 is 5.01. The molecule has 0 saturated carbocycles.